The summed E-state index contributed by atoms with van der Waals surface area (Å²) >= 11 is 3.12. The molecule has 0 aliphatic carbocycles. The summed E-state index contributed by atoms with van der Waals surface area (Å²) in [6.07, 6.45) is 0.396. The summed E-state index contributed by atoms with van der Waals surface area (Å²) < 4.78 is 28.2. The Morgan fingerprint density at radius 1 is 1.26 bits per heavy atom. The Balaban J connectivity index is 2.99. The number of hydrogen-bond donors (Lipinski definition) is 1. The topological polar surface area (TPSA) is 12.0 Å². The van der Waals surface area contributed by atoms with E-state index in [0.29, 0.717) is 10.9 Å². The van der Waals surface area contributed by atoms with E-state index in [-0.39, 0.29) is 16.9 Å². The fourth-order valence-electron chi connectivity index (χ4n) is 2.01. The smallest absolute Gasteiger partial charge is 0.143 e. The molecule has 0 saturated heterocycles. The Hall–Kier alpha value is -0.480. The summed E-state index contributed by atoms with van der Waals surface area (Å²) in [6.45, 7) is 9.94. The van der Waals surface area contributed by atoms with Crippen LogP contribution in [0.1, 0.15) is 33.3 Å². The molecule has 19 heavy (non-hydrogen) atoms. The molecule has 1 aromatic carbocycles. The normalized spacial score (nSPS) is 13.6. The summed E-state index contributed by atoms with van der Waals surface area (Å²) in [5.74, 6) is -0.775. The lowest BCUT2D eigenvalue weighted by molar-refractivity contribution is 0.228. The van der Waals surface area contributed by atoms with Crippen LogP contribution in [0.25, 0.3) is 0 Å². The highest BCUT2D eigenvalue weighted by molar-refractivity contribution is 9.10. The van der Waals surface area contributed by atoms with E-state index in [0.717, 1.165) is 13.1 Å². The van der Waals surface area contributed by atoms with E-state index in [4.69, 9.17) is 0 Å². The first-order valence-corrected chi connectivity index (χ1v) is 7.39. The van der Waals surface area contributed by atoms with Gasteiger partial charge in [0.15, 0.2) is 0 Å². The zero-order chi connectivity index (χ0) is 14.6. The van der Waals surface area contributed by atoms with Crippen molar-refractivity contribution in [3.05, 3.63) is 33.8 Å². The maximum atomic E-state index is 14.0. The molecule has 0 aliphatic heterocycles. The van der Waals surface area contributed by atoms with Crippen LogP contribution in [-0.2, 0) is 6.42 Å². The van der Waals surface area contributed by atoms with E-state index in [1.165, 1.54) is 12.1 Å². The molecule has 108 valence electrons. The average Bonchev–Trinajstić information content (AvgIpc) is 2.32. The number of rotatable bonds is 5. The quantitative estimate of drug-likeness (QED) is 0.780. The molecule has 0 saturated carbocycles. The SMILES string of the molecule is CCNCC(Cc1c(F)ccc(Br)c1F)C(C)(C)C. The van der Waals surface area contributed by atoms with Gasteiger partial charge in [-0.15, -0.1) is 0 Å². The third-order valence-electron chi connectivity index (χ3n) is 3.45. The maximum Gasteiger partial charge on any atom is 0.143 e. The van der Waals surface area contributed by atoms with Crippen LogP contribution >= 0.6 is 15.9 Å². The minimum atomic E-state index is -0.481. The Kier molecular flexibility index (Phi) is 5.93. The molecule has 0 spiro atoms. The van der Waals surface area contributed by atoms with Gasteiger partial charge in [0.05, 0.1) is 4.47 Å². The van der Waals surface area contributed by atoms with Gasteiger partial charge in [0.1, 0.15) is 11.6 Å². The predicted octanol–water partition coefficient (Wildman–Crippen LogP) is 4.54. The van der Waals surface area contributed by atoms with Gasteiger partial charge in [0.2, 0.25) is 0 Å². The van der Waals surface area contributed by atoms with Crippen molar-refractivity contribution in [2.75, 3.05) is 13.1 Å². The summed E-state index contributed by atoms with van der Waals surface area (Å²) in [7, 11) is 0. The molecule has 1 N–H and O–H groups in total. The lowest BCUT2D eigenvalue weighted by Crippen LogP contribution is -2.33. The summed E-state index contributed by atoms with van der Waals surface area (Å²) in [4.78, 5) is 0. The Labute approximate surface area is 122 Å². The van der Waals surface area contributed by atoms with E-state index in [1.54, 1.807) is 0 Å². The second-order valence-electron chi connectivity index (χ2n) is 5.90. The number of nitrogens with one attached hydrogen (secondary N) is 1. The van der Waals surface area contributed by atoms with Crippen LogP contribution in [0.3, 0.4) is 0 Å². The van der Waals surface area contributed by atoms with Gasteiger partial charge in [-0.25, -0.2) is 8.78 Å². The van der Waals surface area contributed by atoms with Crippen molar-refractivity contribution in [1.29, 1.82) is 0 Å². The van der Waals surface area contributed by atoms with Gasteiger partial charge >= 0.3 is 0 Å². The van der Waals surface area contributed by atoms with Gasteiger partial charge in [-0.2, -0.15) is 0 Å². The van der Waals surface area contributed by atoms with E-state index in [1.807, 2.05) is 6.92 Å². The Morgan fingerprint density at radius 3 is 2.42 bits per heavy atom. The van der Waals surface area contributed by atoms with E-state index < -0.39 is 11.6 Å². The fourth-order valence-corrected chi connectivity index (χ4v) is 2.38. The minimum absolute atomic E-state index is 0.0105. The first-order valence-electron chi connectivity index (χ1n) is 6.60. The van der Waals surface area contributed by atoms with Crippen LogP contribution < -0.4 is 5.32 Å². The van der Waals surface area contributed by atoms with Crippen molar-refractivity contribution in [3.63, 3.8) is 0 Å². The van der Waals surface area contributed by atoms with Gasteiger partial charge in [-0.05, 0) is 58.9 Å². The van der Waals surface area contributed by atoms with Gasteiger partial charge in [0, 0.05) is 5.56 Å². The zero-order valence-corrected chi connectivity index (χ0v) is 13.6. The molecule has 1 aromatic rings. The molecule has 0 fully saturated rings. The average molecular weight is 334 g/mol. The van der Waals surface area contributed by atoms with Gasteiger partial charge in [-0.3, -0.25) is 0 Å². The van der Waals surface area contributed by atoms with Gasteiger partial charge in [-0.1, -0.05) is 27.7 Å². The lowest BCUT2D eigenvalue weighted by atomic mass is 9.77. The molecule has 1 rings (SSSR count). The van der Waals surface area contributed by atoms with E-state index in [9.17, 15) is 8.78 Å². The predicted molar refractivity (Wildman–Crippen MR) is 79.3 cm³/mol. The van der Waals surface area contributed by atoms with Crippen LogP contribution in [0, 0.1) is 23.0 Å². The fraction of sp³-hybridized carbons (Fsp3) is 0.600. The molecular formula is C15H22BrF2N. The molecule has 0 radical (unpaired) electrons. The first-order chi connectivity index (χ1) is 8.77. The molecule has 1 unspecified atom stereocenters. The second-order valence-corrected chi connectivity index (χ2v) is 6.75. The van der Waals surface area contributed by atoms with E-state index >= 15 is 0 Å². The molecule has 1 atom stereocenters. The highest BCUT2D eigenvalue weighted by Gasteiger charge is 2.27. The van der Waals surface area contributed by atoms with Crippen molar-refractivity contribution in [1.82, 2.24) is 5.32 Å². The molecule has 0 bridgehead atoms. The standard InChI is InChI=1S/C15H22BrF2N/c1-5-19-9-10(15(2,3)4)8-11-13(17)7-6-12(16)14(11)18/h6-7,10,19H,5,8-9H2,1-4H3. The molecule has 0 heterocycles. The highest BCUT2D eigenvalue weighted by Crippen LogP contribution is 2.31. The molecule has 0 aliphatic rings. The maximum absolute atomic E-state index is 14.0. The van der Waals surface area contributed by atoms with Crippen molar-refractivity contribution in [2.45, 2.75) is 34.1 Å². The number of halogens is 3. The molecule has 1 nitrogen and oxygen atoms in total. The van der Waals surface area contributed by atoms with Crippen LogP contribution in [0.2, 0.25) is 0 Å². The van der Waals surface area contributed by atoms with Crippen molar-refractivity contribution < 1.29 is 8.78 Å². The van der Waals surface area contributed by atoms with Crippen LogP contribution in [0.15, 0.2) is 16.6 Å². The third-order valence-corrected chi connectivity index (χ3v) is 4.07. The molecule has 4 heteroatoms. The van der Waals surface area contributed by atoms with Crippen molar-refractivity contribution >= 4 is 15.9 Å². The van der Waals surface area contributed by atoms with E-state index in [2.05, 4.69) is 42.0 Å². The molecule has 0 aromatic heterocycles. The molecular weight excluding hydrogens is 312 g/mol. The van der Waals surface area contributed by atoms with Gasteiger partial charge in [0.25, 0.3) is 0 Å². The van der Waals surface area contributed by atoms with Gasteiger partial charge < -0.3 is 5.32 Å². The summed E-state index contributed by atoms with van der Waals surface area (Å²) in [5, 5.41) is 3.27. The van der Waals surface area contributed by atoms with Crippen LogP contribution in [0.5, 0.6) is 0 Å². The summed E-state index contributed by atoms with van der Waals surface area (Å²) in [5.41, 5.74) is 0.163. The number of benzene rings is 1. The number of hydrogen-bond acceptors (Lipinski definition) is 1. The second kappa shape index (κ2) is 6.80. The Bertz CT molecular complexity index is 427. The largest absolute Gasteiger partial charge is 0.317 e. The van der Waals surface area contributed by atoms with Crippen molar-refractivity contribution in [2.24, 2.45) is 11.3 Å². The summed E-state index contributed by atoms with van der Waals surface area (Å²) in [6, 6.07) is 2.72. The van der Waals surface area contributed by atoms with Crippen LogP contribution in [0.4, 0.5) is 8.78 Å². The third kappa shape index (κ3) is 4.53. The molecule has 0 amide bonds. The monoisotopic (exact) mass is 333 g/mol. The Morgan fingerprint density at radius 2 is 1.89 bits per heavy atom. The first kappa shape index (κ1) is 16.6. The lowest BCUT2D eigenvalue weighted by Gasteiger charge is -2.31. The minimum Gasteiger partial charge on any atom is -0.317 e. The highest BCUT2D eigenvalue weighted by atomic mass is 79.9. The van der Waals surface area contributed by atoms with Crippen LogP contribution in [-0.4, -0.2) is 13.1 Å². The zero-order valence-electron chi connectivity index (χ0n) is 12.0. The van der Waals surface area contributed by atoms with Crippen molar-refractivity contribution in [3.8, 4) is 0 Å².